The van der Waals surface area contributed by atoms with E-state index in [1.165, 1.54) is 60.4 Å². The number of aryl methyl sites for hydroxylation is 2. The third kappa shape index (κ3) is 6.23. The number of thiophene rings is 1. The summed E-state index contributed by atoms with van der Waals surface area (Å²) in [6.07, 6.45) is 8.28. The summed E-state index contributed by atoms with van der Waals surface area (Å²) in [5, 5.41) is 3.54. The summed E-state index contributed by atoms with van der Waals surface area (Å²) >= 11 is 1.93. The van der Waals surface area contributed by atoms with Crippen LogP contribution in [0, 0.1) is 13.8 Å². The van der Waals surface area contributed by atoms with Crippen LogP contribution < -0.4 is 5.32 Å². The fourth-order valence-corrected chi connectivity index (χ4v) is 3.00. The van der Waals surface area contributed by atoms with Gasteiger partial charge in [-0.15, -0.1) is 11.3 Å². The maximum Gasteiger partial charge on any atom is 0.0299 e. The van der Waals surface area contributed by atoms with E-state index >= 15 is 0 Å². The Bertz CT molecular complexity index is 284. The standard InChI is InChI=1S/C15H27NS/c1-4-5-6-7-8-9-10-16-12-15-11-13(2)14(3)17-15/h11,16H,4-10,12H2,1-3H3. The van der Waals surface area contributed by atoms with Crippen LogP contribution in [-0.4, -0.2) is 6.54 Å². The van der Waals surface area contributed by atoms with E-state index in [9.17, 15) is 0 Å². The zero-order chi connectivity index (χ0) is 12.5. The summed E-state index contributed by atoms with van der Waals surface area (Å²) in [5.41, 5.74) is 1.44. The summed E-state index contributed by atoms with van der Waals surface area (Å²) in [5.74, 6) is 0. The quantitative estimate of drug-likeness (QED) is 0.622. The summed E-state index contributed by atoms with van der Waals surface area (Å²) in [6, 6.07) is 2.31. The SMILES string of the molecule is CCCCCCCCNCc1cc(C)c(C)s1. The van der Waals surface area contributed by atoms with Gasteiger partial charge in [-0.1, -0.05) is 39.0 Å². The van der Waals surface area contributed by atoms with E-state index in [0.717, 1.165) is 6.54 Å². The average Bonchev–Trinajstić information content (AvgIpc) is 2.62. The summed E-state index contributed by atoms with van der Waals surface area (Å²) in [4.78, 5) is 2.94. The van der Waals surface area contributed by atoms with Gasteiger partial charge >= 0.3 is 0 Å². The lowest BCUT2D eigenvalue weighted by Crippen LogP contribution is -2.13. The molecule has 0 aliphatic rings. The molecule has 98 valence electrons. The second-order valence-corrected chi connectivity index (χ2v) is 6.24. The lowest BCUT2D eigenvalue weighted by Gasteiger charge is -2.03. The Hall–Kier alpha value is -0.340. The highest BCUT2D eigenvalue weighted by atomic mass is 32.1. The van der Waals surface area contributed by atoms with Crippen molar-refractivity contribution >= 4 is 11.3 Å². The predicted molar refractivity (Wildman–Crippen MR) is 78.9 cm³/mol. The molecule has 2 heteroatoms. The summed E-state index contributed by atoms with van der Waals surface area (Å²) < 4.78 is 0. The van der Waals surface area contributed by atoms with E-state index in [2.05, 4.69) is 32.2 Å². The first-order chi connectivity index (χ1) is 8.24. The molecular weight excluding hydrogens is 226 g/mol. The molecule has 17 heavy (non-hydrogen) atoms. The van der Waals surface area contributed by atoms with Crippen LogP contribution in [0.1, 0.15) is 60.8 Å². The smallest absolute Gasteiger partial charge is 0.0299 e. The van der Waals surface area contributed by atoms with Crippen LogP contribution in [0.4, 0.5) is 0 Å². The van der Waals surface area contributed by atoms with Gasteiger partial charge in [-0.2, -0.15) is 0 Å². The van der Waals surface area contributed by atoms with Crippen LogP contribution in [0.15, 0.2) is 6.07 Å². The Balaban J connectivity index is 1.97. The predicted octanol–water partition coefficient (Wildman–Crippen LogP) is 4.82. The van der Waals surface area contributed by atoms with E-state index in [1.807, 2.05) is 11.3 Å². The molecule has 0 unspecified atom stereocenters. The fraction of sp³-hybridized carbons (Fsp3) is 0.733. The third-order valence-electron chi connectivity index (χ3n) is 3.22. The van der Waals surface area contributed by atoms with Crippen molar-refractivity contribution in [2.24, 2.45) is 0 Å². The first-order valence-electron chi connectivity index (χ1n) is 7.00. The first-order valence-corrected chi connectivity index (χ1v) is 7.82. The molecule has 1 aromatic rings. The Morgan fingerprint density at radius 2 is 1.76 bits per heavy atom. The van der Waals surface area contributed by atoms with E-state index in [1.54, 1.807) is 0 Å². The van der Waals surface area contributed by atoms with Crippen molar-refractivity contribution < 1.29 is 0 Å². The average molecular weight is 253 g/mol. The highest BCUT2D eigenvalue weighted by molar-refractivity contribution is 7.12. The zero-order valence-corrected chi connectivity index (χ0v) is 12.5. The van der Waals surface area contributed by atoms with Crippen LogP contribution in [0.5, 0.6) is 0 Å². The van der Waals surface area contributed by atoms with Crippen LogP contribution in [-0.2, 0) is 6.54 Å². The molecule has 0 amide bonds. The molecule has 0 saturated carbocycles. The van der Waals surface area contributed by atoms with Gasteiger partial charge in [0.2, 0.25) is 0 Å². The van der Waals surface area contributed by atoms with Gasteiger partial charge in [0.05, 0.1) is 0 Å². The van der Waals surface area contributed by atoms with Gasteiger partial charge in [0.15, 0.2) is 0 Å². The molecule has 1 nitrogen and oxygen atoms in total. The van der Waals surface area contributed by atoms with Gasteiger partial charge in [0.25, 0.3) is 0 Å². The third-order valence-corrected chi connectivity index (χ3v) is 4.38. The van der Waals surface area contributed by atoms with E-state index in [0.29, 0.717) is 0 Å². The van der Waals surface area contributed by atoms with Crippen molar-refractivity contribution in [1.82, 2.24) is 5.32 Å². The van der Waals surface area contributed by atoms with Gasteiger partial charge in [0, 0.05) is 16.3 Å². The minimum atomic E-state index is 1.05. The largest absolute Gasteiger partial charge is 0.312 e. The Labute approximate surface area is 111 Å². The topological polar surface area (TPSA) is 12.0 Å². The highest BCUT2D eigenvalue weighted by Crippen LogP contribution is 2.20. The Morgan fingerprint density at radius 3 is 2.41 bits per heavy atom. The summed E-state index contributed by atoms with van der Waals surface area (Å²) in [7, 11) is 0. The Kier molecular flexibility index (Phi) is 7.54. The zero-order valence-electron chi connectivity index (χ0n) is 11.6. The number of hydrogen-bond donors (Lipinski definition) is 1. The van der Waals surface area contributed by atoms with Crippen molar-refractivity contribution in [3.8, 4) is 0 Å². The normalized spacial score (nSPS) is 11.0. The minimum Gasteiger partial charge on any atom is -0.312 e. The van der Waals surface area contributed by atoms with Gasteiger partial charge < -0.3 is 5.32 Å². The lowest BCUT2D eigenvalue weighted by atomic mass is 10.1. The van der Waals surface area contributed by atoms with Gasteiger partial charge in [-0.3, -0.25) is 0 Å². The van der Waals surface area contributed by atoms with Crippen molar-refractivity contribution in [3.63, 3.8) is 0 Å². The second kappa shape index (κ2) is 8.71. The summed E-state index contributed by atoms with van der Waals surface area (Å²) in [6.45, 7) is 8.89. The van der Waals surface area contributed by atoms with E-state index in [4.69, 9.17) is 0 Å². The molecule has 1 heterocycles. The minimum absolute atomic E-state index is 1.05. The fourth-order valence-electron chi connectivity index (χ4n) is 1.98. The monoisotopic (exact) mass is 253 g/mol. The van der Waals surface area contributed by atoms with Crippen LogP contribution in [0.25, 0.3) is 0 Å². The molecule has 0 radical (unpaired) electrons. The molecule has 1 N–H and O–H groups in total. The highest BCUT2D eigenvalue weighted by Gasteiger charge is 2.00. The molecule has 0 fully saturated rings. The van der Waals surface area contributed by atoms with Crippen LogP contribution in [0.3, 0.4) is 0 Å². The molecule has 0 aromatic carbocycles. The number of rotatable bonds is 9. The van der Waals surface area contributed by atoms with Crippen molar-refractivity contribution in [1.29, 1.82) is 0 Å². The maximum absolute atomic E-state index is 3.54. The molecular formula is C15H27NS. The van der Waals surface area contributed by atoms with Gasteiger partial charge in [-0.25, -0.2) is 0 Å². The molecule has 0 spiro atoms. The lowest BCUT2D eigenvalue weighted by molar-refractivity contribution is 0.573. The van der Waals surface area contributed by atoms with Crippen LogP contribution >= 0.6 is 11.3 Å². The molecule has 0 aliphatic heterocycles. The molecule has 1 aromatic heterocycles. The van der Waals surface area contributed by atoms with Crippen molar-refractivity contribution in [2.75, 3.05) is 6.54 Å². The molecule has 0 aliphatic carbocycles. The Morgan fingerprint density at radius 1 is 1.06 bits per heavy atom. The van der Waals surface area contributed by atoms with Crippen LogP contribution in [0.2, 0.25) is 0 Å². The molecule has 0 atom stereocenters. The number of unbranched alkanes of at least 4 members (excludes halogenated alkanes) is 5. The van der Waals surface area contributed by atoms with Crippen molar-refractivity contribution in [2.45, 2.75) is 65.8 Å². The van der Waals surface area contributed by atoms with E-state index < -0.39 is 0 Å². The maximum atomic E-state index is 3.54. The van der Waals surface area contributed by atoms with E-state index in [-0.39, 0.29) is 0 Å². The van der Waals surface area contributed by atoms with Gasteiger partial charge in [-0.05, 0) is 38.4 Å². The van der Waals surface area contributed by atoms with Crippen molar-refractivity contribution in [3.05, 3.63) is 21.4 Å². The number of hydrogen-bond acceptors (Lipinski definition) is 2. The molecule has 1 rings (SSSR count). The molecule has 0 bridgehead atoms. The first kappa shape index (κ1) is 14.7. The number of nitrogens with one attached hydrogen (secondary N) is 1. The van der Waals surface area contributed by atoms with Gasteiger partial charge in [0.1, 0.15) is 0 Å². The second-order valence-electron chi connectivity index (χ2n) is 4.90. The molecule has 0 saturated heterocycles.